The second-order valence-corrected chi connectivity index (χ2v) is 1.69. The van der Waals surface area contributed by atoms with Crippen molar-refractivity contribution in [1.82, 2.24) is 9.97 Å². The standard InChI is InChI=1S/C7H6N2.C2H6/c1-3-7-4-6(2)8-5-9-7;1-2/h1,4-5H,2H3;1-2H3. The maximum Gasteiger partial charge on any atom is 0.117 e. The van der Waals surface area contributed by atoms with E-state index in [1.807, 2.05) is 20.8 Å². The van der Waals surface area contributed by atoms with Crippen LogP contribution in [0.2, 0.25) is 0 Å². The lowest BCUT2D eigenvalue weighted by molar-refractivity contribution is 1.09. The molecule has 0 atom stereocenters. The van der Waals surface area contributed by atoms with Gasteiger partial charge in [-0.2, -0.15) is 0 Å². The highest BCUT2D eigenvalue weighted by molar-refractivity contribution is 5.23. The molecule has 2 heteroatoms. The SMILES string of the molecule is C#Cc1cc(C)ncn1.CC. The van der Waals surface area contributed by atoms with Gasteiger partial charge in [0.05, 0.1) is 0 Å². The average molecular weight is 148 g/mol. The lowest BCUT2D eigenvalue weighted by Crippen LogP contribution is -1.85. The smallest absolute Gasteiger partial charge is 0.117 e. The fourth-order valence-corrected chi connectivity index (χ4v) is 0.533. The first-order valence-corrected chi connectivity index (χ1v) is 3.58. The van der Waals surface area contributed by atoms with Crippen molar-refractivity contribution in [2.45, 2.75) is 20.8 Å². The van der Waals surface area contributed by atoms with E-state index >= 15 is 0 Å². The van der Waals surface area contributed by atoms with Crippen LogP contribution in [0.3, 0.4) is 0 Å². The van der Waals surface area contributed by atoms with E-state index in [2.05, 4.69) is 15.9 Å². The number of hydrogen-bond acceptors (Lipinski definition) is 2. The molecule has 0 saturated carbocycles. The fourth-order valence-electron chi connectivity index (χ4n) is 0.533. The van der Waals surface area contributed by atoms with Crippen LogP contribution in [0, 0.1) is 19.3 Å². The zero-order chi connectivity index (χ0) is 8.69. The molecule has 0 aliphatic rings. The van der Waals surface area contributed by atoms with Crippen molar-refractivity contribution in [1.29, 1.82) is 0 Å². The molecule has 0 spiro atoms. The summed E-state index contributed by atoms with van der Waals surface area (Å²) in [5.41, 5.74) is 1.54. The predicted octanol–water partition coefficient (Wildman–Crippen LogP) is 1.79. The highest BCUT2D eigenvalue weighted by Crippen LogP contribution is 1.92. The molecule has 58 valence electrons. The van der Waals surface area contributed by atoms with E-state index in [0.717, 1.165) is 5.69 Å². The van der Waals surface area contributed by atoms with Crippen molar-refractivity contribution in [2.75, 3.05) is 0 Å². The van der Waals surface area contributed by atoms with Gasteiger partial charge in [-0.3, -0.25) is 0 Å². The van der Waals surface area contributed by atoms with Gasteiger partial charge in [-0.25, -0.2) is 9.97 Å². The van der Waals surface area contributed by atoms with Crippen LogP contribution < -0.4 is 0 Å². The molecule has 11 heavy (non-hydrogen) atoms. The van der Waals surface area contributed by atoms with Crippen LogP contribution in [0.25, 0.3) is 0 Å². The van der Waals surface area contributed by atoms with Crippen LogP contribution in [0.1, 0.15) is 25.2 Å². The topological polar surface area (TPSA) is 25.8 Å². The third-order valence-corrected chi connectivity index (χ3v) is 0.952. The number of terminal acetylenes is 1. The van der Waals surface area contributed by atoms with Gasteiger partial charge >= 0.3 is 0 Å². The van der Waals surface area contributed by atoms with Crippen LogP contribution >= 0.6 is 0 Å². The quantitative estimate of drug-likeness (QED) is 0.524. The number of aryl methyl sites for hydroxylation is 1. The van der Waals surface area contributed by atoms with Gasteiger partial charge in [-0.15, -0.1) is 6.42 Å². The molecule has 1 heterocycles. The molecular weight excluding hydrogens is 136 g/mol. The fraction of sp³-hybridized carbons (Fsp3) is 0.333. The minimum Gasteiger partial charge on any atom is -0.242 e. The summed E-state index contributed by atoms with van der Waals surface area (Å²) in [6.07, 6.45) is 6.54. The molecule has 1 rings (SSSR count). The number of nitrogens with zero attached hydrogens (tertiary/aromatic N) is 2. The van der Waals surface area contributed by atoms with E-state index < -0.39 is 0 Å². The molecule has 0 saturated heterocycles. The number of hydrogen-bond donors (Lipinski definition) is 0. The predicted molar refractivity (Wildman–Crippen MR) is 46.1 cm³/mol. The lowest BCUT2D eigenvalue weighted by Gasteiger charge is -1.88. The van der Waals surface area contributed by atoms with Gasteiger partial charge < -0.3 is 0 Å². The van der Waals surface area contributed by atoms with Gasteiger partial charge in [0.1, 0.15) is 12.0 Å². The largest absolute Gasteiger partial charge is 0.242 e. The summed E-state index contributed by atoms with van der Waals surface area (Å²) in [5, 5.41) is 0. The Balaban J connectivity index is 0.000000461. The summed E-state index contributed by atoms with van der Waals surface area (Å²) >= 11 is 0. The molecule has 0 aromatic carbocycles. The summed E-state index contributed by atoms with van der Waals surface area (Å²) in [6.45, 7) is 5.88. The van der Waals surface area contributed by atoms with Crippen molar-refractivity contribution in [3.05, 3.63) is 23.8 Å². The molecule has 0 amide bonds. The Morgan fingerprint density at radius 2 is 2.00 bits per heavy atom. The zero-order valence-corrected chi connectivity index (χ0v) is 7.13. The third kappa shape index (κ3) is 3.36. The highest BCUT2D eigenvalue weighted by atomic mass is 14.8. The monoisotopic (exact) mass is 148 g/mol. The molecule has 0 bridgehead atoms. The first-order valence-electron chi connectivity index (χ1n) is 3.58. The van der Waals surface area contributed by atoms with Crippen molar-refractivity contribution in [3.63, 3.8) is 0 Å². The highest BCUT2D eigenvalue weighted by Gasteiger charge is 1.86. The minimum absolute atomic E-state index is 0.641. The van der Waals surface area contributed by atoms with E-state index in [1.54, 1.807) is 6.07 Å². The maximum absolute atomic E-state index is 5.08. The Bertz CT molecular complexity index is 248. The first-order chi connectivity index (χ1) is 5.33. The molecule has 0 radical (unpaired) electrons. The van der Waals surface area contributed by atoms with Gasteiger partial charge in [0.2, 0.25) is 0 Å². The Morgan fingerprint density at radius 3 is 2.36 bits per heavy atom. The Hall–Kier alpha value is -1.36. The van der Waals surface area contributed by atoms with Crippen LogP contribution in [0.4, 0.5) is 0 Å². The lowest BCUT2D eigenvalue weighted by atomic mass is 10.3. The van der Waals surface area contributed by atoms with Crippen molar-refractivity contribution in [2.24, 2.45) is 0 Å². The van der Waals surface area contributed by atoms with Gasteiger partial charge in [-0.05, 0) is 13.0 Å². The third-order valence-electron chi connectivity index (χ3n) is 0.952. The van der Waals surface area contributed by atoms with Gasteiger partial charge in [-0.1, -0.05) is 19.8 Å². The Labute approximate surface area is 67.7 Å². The van der Waals surface area contributed by atoms with E-state index in [1.165, 1.54) is 6.33 Å². The molecule has 1 aromatic rings. The van der Waals surface area contributed by atoms with E-state index in [4.69, 9.17) is 6.42 Å². The molecule has 0 aliphatic heterocycles. The number of aromatic nitrogens is 2. The van der Waals surface area contributed by atoms with Crippen LogP contribution in [-0.4, -0.2) is 9.97 Å². The van der Waals surface area contributed by atoms with Crippen molar-refractivity contribution >= 4 is 0 Å². The van der Waals surface area contributed by atoms with Crippen LogP contribution in [0.5, 0.6) is 0 Å². The molecule has 0 N–H and O–H groups in total. The molecule has 1 aromatic heterocycles. The molecule has 0 aliphatic carbocycles. The summed E-state index contributed by atoms with van der Waals surface area (Å²) in [7, 11) is 0. The second kappa shape index (κ2) is 5.43. The molecule has 0 fully saturated rings. The van der Waals surface area contributed by atoms with E-state index in [9.17, 15) is 0 Å². The van der Waals surface area contributed by atoms with Crippen LogP contribution in [-0.2, 0) is 0 Å². The molecule has 0 unspecified atom stereocenters. The Kier molecular flexibility index (Phi) is 4.76. The number of rotatable bonds is 0. The van der Waals surface area contributed by atoms with Gasteiger partial charge in [0, 0.05) is 5.69 Å². The second-order valence-electron chi connectivity index (χ2n) is 1.69. The Morgan fingerprint density at radius 1 is 1.36 bits per heavy atom. The van der Waals surface area contributed by atoms with E-state index in [0.29, 0.717) is 5.69 Å². The van der Waals surface area contributed by atoms with Crippen molar-refractivity contribution in [3.8, 4) is 12.3 Å². The average Bonchev–Trinajstić information content (AvgIpc) is 2.08. The summed E-state index contributed by atoms with van der Waals surface area (Å²) in [6, 6.07) is 1.76. The summed E-state index contributed by atoms with van der Waals surface area (Å²) in [4.78, 5) is 7.69. The van der Waals surface area contributed by atoms with E-state index in [-0.39, 0.29) is 0 Å². The van der Waals surface area contributed by atoms with Gasteiger partial charge in [0.25, 0.3) is 0 Å². The minimum atomic E-state index is 0.641. The molecule has 2 nitrogen and oxygen atoms in total. The normalized spacial score (nSPS) is 7.45. The maximum atomic E-state index is 5.08. The van der Waals surface area contributed by atoms with Gasteiger partial charge in [0.15, 0.2) is 0 Å². The van der Waals surface area contributed by atoms with Crippen molar-refractivity contribution < 1.29 is 0 Å². The molecular formula is C9H12N2. The summed E-state index contributed by atoms with van der Waals surface area (Å²) < 4.78 is 0. The van der Waals surface area contributed by atoms with Crippen LogP contribution in [0.15, 0.2) is 12.4 Å². The summed E-state index contributed by atoms with van der Waals surface area (Å²) in [5.74, 6) is 2.42. The zero-order valence-electron chi connectivity index (χ0n) is 7.13. The first kappa shape index (κ1) is 9.64.